The van der Waals surface area contributed by atoms with Crippen molar-refractivity contribution in [2.75, 3.05) is 5.75 Å². The molecule has 12 nitrogen and oxygen atoms in total. The molecule has 0 fully saturated rings. The van der Waals surface area contributed by atoms with E-state index in [1.165, 1.54) is 11.8 Å². The smallest absolute Gasteiger partial charge is 0.324 e. The van der Waals surface area contributed by atoms with Crippen molar-refractivity contribution in [3.8, 4) is 5.75 Å². The van der Waals surface area contributed by atoms with E-state index >= 15 is 0 Å². The number of benzene rings is 2. The minimum atomic E-state index is -1.21. The maximum absolute atomic E-state index is 11.8. The van der Waals surface area contributed by atoms with Gasteiger partial charge in [0.15, 0.2) is 5.78 Å². The molecule has 0 aliphatic rings. The van der Waals surface area contributed by atoms with Crippen molar-refractivity contribution >= 4 is 34.6 Å². The lowest BCUT2D eigenvalue weighted by atomic mass is 10.2. The highest BCUT2D eigenvalue weighted by molar-refractivity contribution is 7.99. The van der Waals surface area contributed by atoms with Gasteiger partial charge >= 0.3 is 11.4 Å². The Morgan fingerprint density at radius 1 is 0.875 bits per heavy atom. The second-order valence-corrected chi connectivity index (χ2v) is 6.85. The molecule has 1 heterocycles. The first-order valence-electron chi connectivity index (χ1n) is 8.63. The first kappa shape index (κ1) is 23.9. The van der Waals surface area contributed by atoms with Crippen LogP contribution in [0.1, 0.15) is 10.4 Å². The van der Waals surface area contributed by atoms with Gasteiger partial charge in [-0.1, -0.05) is 48.2 Å². The number of rotatable bonds is 7. The van der Waals surface area contributed by atoms with Crippen molar-refractivity contribution in [1.82, 2.24) is 4.98 Å². The van der Waals surface area contributed by atoms with Crippen LogP contribution in [0.25, 0.3) is 0 Å². The van der Waals surface area contributed by atoms with Crippen LogP contribution < -0.4 is 0 Å². The Morgan fingerprint density at radius 3 is 1.91 bits per heavy atom. The van der Waals surface area contributed by atoms with Gasteiger partial charge in [0, 0.05) is 11.8 Å². The van der Waals surface area contributed by atoms with Crippen LogP contribution in [0, 0.1) is 30.3 Å². The molecule has 13 heteroatoms. The molecule has 0 unspecified atom stereocenters. The maximum Gasteiger partial charge on any atom is 0.324 e. The van der Waals surface area contributed by atoms with Gasteiger partial charge in [0.2, 0.25) is 0 Å². The number of phenolic OH excluding ortho intramolecular Hbond substituents is 1. The molecule has 3 aromatic rings. The number of nitro benzene ring substituents is 3. The minimum absolute atomic E-state index is 0.135. The highest BCUT2D eigenvalue weighted by Gasteiger charge is 2.30. The number of nitro groups is 3. The molecular formula is C19H14N4O8S. The summed E-state index contributed by atoms with van der Waals surface area (Å²) in [5.74, 6) is -0.641. The average molecular weight is 458 g/mol. The van der Waals surface area contributed by atoms with Crippen LogP contribution >= 0.6 is 11.8 Å². The molecule has 3 rings (SSSR count). The fourth-order valence-electron chi connectivity index (χ4n) is 2.25. The lowest BCUT2D eigenvalue weighted by Gasteiger charge is -2.00. The Morgan fingerprint density at radius 2 is 1.44 bits per heavy atom. The molecule has 0 aliphatic heterocycles. The topological polar surface area (TPSA) is 180 Å². The van der Waals surface area contributed by atoms with E-state index in [0.29, 0.717) is 17.9 Å². The van der Waals surface area contributed by atoms with Crippen LogP contribution in [0.4, 0.5) is 17.1 Å². The molecule has 0 spiro atoms. The predicted octanol–water partition coefficient (Wildman–Crippen LogP) is 4.17. The summed E-state index contributed by atoms with van der Waals surface area (Å²) in [4.78, 5) is 43.7. The van der Waals surface area contributed by atoms with Gasteiger partial charge in [0.05, 0.1) is 37.7 Å². The van der Waals surface area contributed by atoms with Gasteiger partial charge in [-0.3, -0.25) is 35.1 Å². The van der Waals surface area contributed by atoms with Crippen LogP contribution in [-0.2, 0) is 0 Å². The highest BCUT2D eigenvalue weighted by Crippen LogP contribution is 2.38. The van der Waals surface area contributed by atoms with E-state index in [-0.39, 0.29) is 5.78 Å². The third kappa shape index (κ3) is 6.56. The maximum atomic E-state index is 11.8. The zero-order valence-corrected chi connectivity index (χ0v) is 16.9. The fourth-order valence-corrected chi connectivity index (χ4v) is 3.01. The minimum Gasteiger partial charge on any atom is -0.497 e. The molecule has 0 aliphatic carbocycles. The zero-order chi connectivity index (χ0) is 23.7. The van der Waals surface area contributed by atoms with E-state index in [9.17, 15) is 35.1 Å². The van der Waals surface area contributed by atoms with Gasteiger partial charge in [-0.05, 0) is 12.1 Å². The molecular weight excluding hydrogens is 444 g/mol. The summed E-state index contributed by atoms with van der Waals surface area (Å²) in [5.41, 5.74) is -2.25. The van der Waals surface area contributed by atoms with Crippen molar-refractivity contribution in [2.24, 2.45) is 0 Å². The molecule has 0 amide bonds. The van der Waals surface area contributed by atoms with E-state index in [1.54, 1.807) is 6.20 Å². The van der Waals surface area contributed by atoms with Gasteiger partial charge in [-0.2, -0.15) is 0 Å². The van der Waals surface area contributed by atoms with E-state index in [0.717, 1.165) is 10.6 Å². The van der Waals surface area contributed by atoms with Gasteiger partial charge in [0.25, 0.3) is 11.4 Å². The number of aromatic nitrogens is 1. The Hall–Kier alpha value is -4.39. The number of hydrogen-bond acceptors (Lipinski definition) is 10. The van der Waals surface area contributed by atoms with Gasteiger partial charge in [0.1, 0.15) is 0 Å². The zero-order valence-electron chi connectivity index (χ0n) is 16.1. The number of Topliss-reactive ketones (excluding diaryl/α,β-unsaturated/α-hetero) is 1. The third-order valence-electron chi connectivity index (χ3n) is 3.74. The van der Waals surface area contributed by atoms with Gasteiger partial charge in [-0.15, -0.1) is 0 Å². The summed E-state index contributed by atoms with van der Waals surface area (Å²) in [6.07, 6.45) is 1.73. The number of phenols is 1. The quantitative estimate of drug-likeness (QED) is 0.233. The van der Waals surface area contributed by atoms with Crippen LogP contribution in [0.3, 0.4) is 0 Å². The molecule has 0 bridgehead atoms. The third-order valence-corrected chi connectivity index (χ3v) is 4.69. The van der Waals surface area contributed by atoms with Crippen LogP contribution in [-0.4, -0.2) is 36.4 Å². The van der Waals surface area contributed by atoms with Crippen molar-refractivity contribution in [3.63, 3.8) is 0 Å². The number of pyridine rings is 1. The number of ketones is 1. The van der Waals surface area contributed by atoms with Gasteiger partial charge in [-0.25, -0.2) is 4.98 Å². The summed E-state index contributed by atoms with van der Waals surface area (Å²) in [5, 5.41) is 41.1. The fraction of sp³-hybridized carbons (Fsp3) is 0.0526. The largest absolute Gasteiger partial charge is 0.497 e. The molecule has 1 N–H and O–H groups in total. The Bertz CT molecular complexity index is 1110. The summed E-state index contributed by atoms with van der Waals surface area (Å²) in [6, 6.07) is 15.9. The number of hydrogen-bond donors (Lipinski definition) is 1. The normalized spacial score (nSPS) is 9.88. The molecule has 0 saturated carbocycles. The molecule has 32 heavy (non-hydrogen) atoms. The van der Waals surface area contributed by atoms with Crippen LogP contribution in [0.15, 0.2) is 71.9 Å². The second-order valence-electron chi connectivity index (χ2n) is 5.85. The standard InChI is InChI=1S/C13H11NOS.C6H3N3O7/c15-12(11-6-2-1-3-7-11)10-16-13-8-4-5-9-14-13;10-6-4(8(13)14)1-3(7(11)12)2-5(6)9(15)16/h1-9H,10H2;1-2,10H. The number of thioether (sulfide) groups is 1. The van der Waals surface area contributed by atoms with E-state index < -0.39 is 37.6 Å². The molecule has 0 atom stereocenters. The summed E-state index contributed by atoms with van der Waals surface area (Å²) < 4.78 is 0. The lowest BCUT2D eigenvalue weighted by molar-refractivity contribution is -0.404. The van der Waals surface area contributed by atoms with Crippen molar-refractivity contribution in [1.29, 1.82) is 0 Å². The van der Waals surface area contributed by atoms with Crippen molar-refractivity contribution in [3.05, 3.63) is 103 Å². The number of carbonyl (C=O) groups is 1. The van der Waals surface area contributed by atoms with Crippen LogP contribution in [0.2, 0.25) is 0 Å². The van der Waals surface area contributed by atoms with E-state index in [1.807, 2.05) is 48.5 Å². The Balaban J connectivity index is 0.000000227. The second kappa shape index (κ2) is 11.1. The van der Waals surface area contributed by atoms with Crippen LogP contribution in [0.5, 0.6) is 5.75 Å². The molecule has 1 aromatic heterocycles. The first-order chi connectivity index (χ1) is 15.2. The van der Waals surface area contributed by atoms with Gasteiger partial charge < -0.3 is 5.11 Å². The first-order valence-corrected chi connectivity index (χ1v) is 9.61. The SMILES string of the molecule is O=C(CSc1ccccn1)c1ccccc1.O=[N+]([O-])c1cc([N+](=O)[O-])c(O)c([N+](=O)[O-])c1. The Labute approximate surface area is 184 Å². The molecule has 2 aromatic carbocycles. The van der Waals surface area contributed by atoms with E-state index in [2.05, 4.69) is 4.98 Å². The molecule has 0 radical (unpaired) electrons. The Kier molecular flexibility index (Phi) is 8.30. The highest BCUT2D eigenvalue weighted by atomic mass is 32.2. The number of nitrogens with zero attached hydrogens (tertiary/aromatic N) is 4. The monoisotopic (exact) mass is 458 g/mol. The number of aromatic hydroxyl groups is 1. The summed E-state index contributed by atoms with van der Waals surface area (Å²) in [6.45, 7) is 0. The lowest BCUT2D eigenvalue weighted by Crippen LogP contribution is -2.01. The molecule has 164 valence electrons. The number of carbonyl (C=O) groups excluding carboxylic acids is 1. The van der Waals surface area contributed by atoms with Crippen molar-refractivity contribution < 1.29 is 24.7 Å². The van der Waals surface area contributed by atoms with E-state index in [4.69, 9.17) is 5.11 Å². The molecule has 0 saturated heterocycles. The summed E-state index contributed by atoms with van der Waals surface area (Å²) >= 11 is 1.46. The summed E-state index contributed by atoms with van der Waals surface area (Å²) in [7, 11) is 0. The van der Waals surface area contributed by atoms with Crippen molar-refractivity contribution in [2.45, 2.75) is 5.03 Å². The number of non-ortho nitro benzene ring substituents is 1. The predicted molar refractivity (Wildman–Crippen MR) is 114 cm³/mol. The average Bonchev–Trinajstić information content (AvgIpc) is 2.78.